The first-order chi connectivity index (χ1) is 8.54. The SMILES string of the molecule is NOCC1CCCN1c1ccccc1C(F)(F)F. The zero-order valence-electron chi connectivity index (χ0n) is 9.78. The van der Waals surface area contributed by atoms with E-state index in [1.807, 2.05) is 0 Å². The Morgan fingerprint density at radius 3 is 2.72 bits per heavy atom. The van der Waals surface area contributed by atoms with E-state index in [0.717, 1.165) is 18.9 Å². The average Bonchev–Trinajstić information content (AvgIpc) is 2.77. The van der Waals surface area contributed by atoms with E-state index in [2.05, 4.69) is 4.84 Å². The minimum Gasteiger partial charge on any atom is -0.366 e. The van der Waals surface area contributed by atoms with Crippen LogP contribution in [0.3, 0.4) is 0 Å². The molecule has 3 nitrogen and oxygen atoms in total. The standard InChI is InChI=1S/C12H15F3N2O/c13-12(14,15)10-5-1-2-6-11(10)17-7-3-4-9(17)8-18-16/h1-2,5-6,9H,3-4,7-8,16H2. The van der Waals surface area contributed by atoms with Gasteiger partial charge in [-0.3, -0.25) is 0 Å². The zero-order valence-corrected chi connectivity index (χ0v) is 9.78. The average molecular weight is 260 g/mol. The summed E-state index contributed by atoms with van der Waals surface area (Å²) in [6, 6.07) is 5.53. The molecule has 100 valence electrons. The molecule has 0 aromatic heterocycles. The smallest absolute Gasteiger partial charge is 0.366 e. The molecule has 1 aromatic rings. The van der Waals surface area contributed by atoms with E-state index in [4.69, 9.17) is 5.90 Å². The van der Waals surface area contributed by atoms with Crippen molar-refractivity contribution in [2.24, 2.45) is 5.90 Å². The van der Waals surface area contributed by atoms with Crippen molar-refractivity contribution in [3.05, 3.63) is 29.8 Å². The molecule has 0 bridgehead atoms. The number of para-hydroxylation sites is 1. The Morgan fingerprint density at radius 1 is 1.33 bits per heavy atom. The number of hydrogen-bond acceptors (Lipinski definition) is 3. The third-order valence-corrected chi connectivity index (χ3v) is 3.18. The summed E-state index contributed by atoms with van der Waals surface area (Å²) in [7, 11) is 0. The molecule has 1 heterocycles. The van der Waals surface area contributed by atoms with Gasteiger partial charge in [0.05, 0.1) is 18.2 Å². The summed E-state index contributed by atoms with van der Waals surface area (Å²) in [6.07, 6.45) is -2.70. The van der Waals surface area contributed by atoms with Crippen molar-refractivity contribution < 1.29 is 18.0 Å². The van der Waals surface area contributed by atoms with Gasteiger partial charge in [-0.25, -0.2) is 5.90 Å². The second-order valence-electron chi connectivity index (χ2n) is 4.34. The van der Waals surface area contributed by atoms with Gasteiger partial charge in [0.2, 0.25) is 0 Å². The van der Waals surface area contributed by atoms with Crippen LogP contribution in [0.5, 0.6) is 0 Å². The summed E-state index contributed by atoms with van der Waals surface area (Å²) in [4.78, 5) is 6.31. The van der Waals surface area contributed by atoms with Crippen molar-refractivity contribution in [3.63, 3.8) is 0 Å². The topological polar surface area (TPSA) is 38.5 Å². The lowest BCUT2D eigenvalue weighted by molar-refractivity contribution is -0.137. The summed E-state index contributed by atoms with van der Waals surface area (Å²) in [5.41, 5.74) is -0.390. The predicted molar refractivity (Wildman–Crippen MR) is 62.0 cm³/mol. The molecule has 0 aliphatic carbocycles. The van der Waals surface area contributed by atoms with Crippen molar-refractivity contribution >= 4 is 5.69 Å². The van der Waals surface area contributed by atoms with Crippen LogP contribution in [-0.4, -0.2) is 19.2 Å². The molecule has 1 fully saturated rings. The van der Waals surface area contributed by atoms with Crippen LogP contribution >= 0.6 is 0 Å². The van der Waals surface area contributed by atoms with E-state index in [-0.39, 0.29) is 18.3 Å². The molecule has 6 heteroatoms. The van der Waals surface area contributed by atoms with Gasteiger partial charge in [0.25, 0.3) is 0 Å². The van der Waals surface area contributed by atoms with Crippen molar-refractivity contribution in [3.8, 4) is 0 Å². The van der Waals surface area contributed by atoms with E-state index >= 15 is 0 Å². The maximum absolute atomic E-state index is 12.9. The fourth-order valence-electron chi connectivity index (χ4n) is 2.40. The number of rotatable bonds is 3. The largest absolute Gasteiger partial charge is 0.418 e. The minimum absolute atomic E-state index is 0.0847. The first kappa shape index (κ1) is 13.2. The molecule has 0 spiro atoms. The maximum atomic E-state index is 12.9. The first-order valence-electron chi connectivity index (χ1n) is 5.78. The van der Waals surface area contributed by atoms with Crippen LogP contribution in [0.2, 0.25) is 0 Å². The summed E-state index contributed by atoms with van der Waals surface area (Å²) in [5, 5.41) is 0. The molecule has 0 saturated carbocycles. The number of nitrogens with two attached hydrogens (primary N) is 1. The molecule has 2 rings (SSSR count). The van der Waals surface area contributed by atoms with Crippen LogP contribution in [-0.2, 0) is 11.0 Å². The maximum Gasteiger partial charge on any atom is 0.418 e. The molecule has 18 heavy (non-hydrogen) atoms. The van der Waals surface area contributed by atoms with E-state index in [9.17, 15) is 13.2 Å². The van der Waals surface area contributed by atoms with Gasteiger partial charge in [0, 0.05) is 12.2 Å². The lowest BCUT2D eigenvalue weighted by atomic mass is 10.1. The van der Waals surface area contributed by atoms with Gasteiger partial charge in [-0.1, -0.05) is 12.1 Å². The van der Waals surface area contributed by atoms with E-state index in [1.165, 1.54) is 12.1 Å². The van der Waals surface area contributed by atoms with Crippen LogP contribution in [0.1, 0.15) is 18.4 Å². The molecular weight excluding hydrogens is 245 g/mol. The van der Waals surface area contributed by atoms with Crippen LogP contribution in [0.15, 0.2) is 24.3 Å². The monoisotopic (exact) mass is 260 g/mol. The summed E-state index contributed by atoms with van der Waals surface area (Å²) < 4.78 is 38.8. The van der Waals surface area contributed by atoms with Crippen LogP contribution in [0.25, 0.3) is 0 Å². The highest BCUT2D eigenvalue weighted by Crippen LogP contribution is 2.38. The van der Waals surface area contributed by atoms with Crippen LogP contribution in [0, 0.1) is 0 Å². The summed E-state index contributed by atoms with van der Waals surface area (Å²) in [5.74, 6) is 5.02. The Bertz CT molecular complexity index is 409. The fourth-order valence-corrected chi connectivity index (χ4v) is 2.40. The van der Waals surface area contributed by atoms with Crippen molar-refractivity contribution in [2.45, 2.75) is 25.1 Å². The van der Waals surface area contributed by atoms with E-state index in [0.29, 0.717) is 6.54 Å². The molecule has 2 N–H and O–H groups in total. The lowest BCUT2D eigenvalue weighted by Gasteiger charge is -2.28. The van der Waals surface area contributed by atoms with Gasteiger partial charge in [-0.2, -0.15) is 13.2 Å². The molecule has 1 saturated heterocycles. The quantitative estimate of drug-likeness (QED) is 0.849. The van der Waals surface area contributed by atoms with Gasteiger partial charge in [-0.15, -0.1) is 0 Å². The zero-order chi connectivity index (χ0) is 13.2. The van der Waals surface area contributed by atoms with Gasteiger partial charge in [-0.05, 0) is 25.0 Å². The van der Waals surface area contributed by atoms with Gasteiger partial charge >= 0.3 is 6.18 Å². The minimum atomic E-state index is -4.34. The number of hydrogen-bond donors (Lipinski definition) is 1. The van der Waals surface area contributed by atoms with Crippen molar-refractivity contribution in [1.29, 1.82) is 0 Å². The predicted octanol–water partition coefficient (Wildman–Crippen LogP) is 2.56. The fraction of sp³-hybridized carbons (Fsp3) is 0.500. The Kier molecular flexibility index (Phi) is 3.77. The van der Waals surface area contributed by atoms with Crippen molar-refractivity contribution in [1.82, 2.24) is 0 Å². The molecule has 0 amide bonds. The Hall–Kier alpha value is -1.27. The molecule has 1 aliphatic heterocycles. The first-order valence-corrected chi connectivity index (χ1v) is 5.78. The molecule has 1 aromatic carbocycles. The Balaban J connectivity index is 2.33. The number of halogens is 3. The molecular formula is C12H15F3N2O. The lowest BCUT2D eigenvalue weighted by Crippen LogP contribution is -2.35. The third kappa shape index (κ3) is 2.59. The highest BCUT2D eigenvalue weighted by molar-refractivity contribution is 5.56. The van der Waals surface area contributed by atoms with E-state index < -0.39 is 11.7 Å². The normalized spacial score (nSPS) is 20.4. The second-order valence-corrected chi connectivity index (χ2v) is 4.34. The number of alkyl halides is 3. The highest BCUT2D eigenvalue weighted by Gasteiger charge is 2.37. The molecule has 1 atom stereocenters. The molecule has 1 unspecified atom stereocenters. The molecule has 0 radical (unpaired) electrons. The van der Waals surface area contributed by atoms with Crippen LogP contribution in [0.4, 0.5) is 18.9 Å². The van der Waals surface area contributed by atoms with Crippen molar-refractivity contribution in [2.75, 3.05) is 18.1 Å². The summed E-state index contributed by atoms with van der Waals surface area (Å²) >= 11 is 0. The highest BCUT2D eigenvalue weighted by atomic mass is 19.4. The Labute approximate surface area is 103 Å². The second kappa shape index (κ2) is 5.16. The summed E-state index contributed by atoms with van der Waals surface area (Å²) in [6.45, 7) is 0.841. The number of anilines is 1. The van der Waals surface area contributed by atoms with E-state index in [1.54, 1.807) is 11.0 Å². The van der Waals surface area contributed by atoms with Crippen LogP contribution < -0.4 is 10.8 Å². The van der Waals surface area contributed by atoms with Gasteiger partial charge in [0.1, 0.15) is 0 Å². The van der Waals surface area contributed by atoms with Gasteiger partial charge in [0.15, 0.2) is 0 Å². The third-order valence-electron chi connectivity index (χ3n) is 3.18. The number of benzene rings is 1. The van der Waals surface area contributed by atoms with Gasteiger partial charge < -0.3 is 9.74 Å². The Morgan fingerprint density at radius 2 is 2.06 bits per heavy atom. The molecule has 1 aliphatic rings. The number of nitrogens with zero attached hydrogens (tertiary/aromatic N) is 1.